The Bertz CT molecular complexity index is 1040. The highest BCUT2D eigenvalue weighted by atomic mass is 32.2. The van der Waals surface area contributed by atoms with E-state index in [1.54, 1.807) is 22.9 Å². The van der Waals surface area contributed by atoms with E-state index < -0.39 is 10.0 Å². The van der Waals surface area contributed by atoms with Crippen LogP contribution in [0.2, 0.25) is 0 Å². The molecule has 0 bridgehead atoms. The molecule has 0 aliphatic carbocycles. The van der Waals surface area contributed by atoms with Crippen LogP contribution < -0.4 is 4.72 Å². The van der Waals surface area contributed by atoms with Gasteiger partial charge in [0.2, 0.25) is 0 Å². The van der Waals surface area contributed by atoms with E-state index in [9.17, 15) is 13.2 Å². The van der Waals surface area contributed by atoms with Crippen LogP contribution in [0.3, 0.4) is 0 Å². The van der Waals surface area contributed by atoms with Gasteiger partial charge in [0.25, 0.3) is 10.0 Å². The van der Waals surface area contributed by atoms with Crippen LogP contribution in [0, 0.1) is 0 Å². The molecule has 1 aromatic carbocycles. The van der Waals surface area contributed by atoms with Gasteiger partial charge in [-0.15, -0.1) is 11.3 Å². The van der Waals surface area contributed by atoms with Crippen LogP contribution in [0.15, 0.2) is 52.9 Å². The van der Waals surface area contributed by atoms with Crippen molar-refractivity contribution in [3.8, 4) is 10.6 Å². The van der Waals surface area contributed by atoms with Crippen LogP contribution in [0.25, 0.3) is 10.6 Å². The van der Waals surface area contributed by atoms with Crippen molar-refractivity contribution in [3.05, 3.63) is 53.5 Å². The van der Waals surface area contributed by atoms with E-state index >= 15 is 0 Å². The van der Waals surface area contributed by atoms with Gasteiger partial charge in [-0.25, -0.2) is 8.42 Å². The zero-order valence-electron chi connectivity index (χ0n) is 14.6. The molecular weight excluding hydrogens is 370 g/mol. The van der Waals surface area contributed by atoms with E-state index in [1.807, 2.05) is 31.4 Å². The summed E-state index contributed by atoms with van der Waals surface area (Å²) in [6, 6.07) is 10.2. The van der Waals surface area contributed by atoms with Gasteiger partial charge in [-0.2, -0.15) is 5.10 Å². The summed E-state index contributed by atoms with van der Waals surface area (Å²) in [5.41, 5.74) is 1.21. The number of benzene rings is 1. The third-order valence-electron chi connectivity index (χ3n) is 3.79. The molecule has 0 unspecified atom stereocenters. The van der Waals surface area contributed by atoms with Crippen LogP contribution in [0.1, 0.15) is 37.2 Å². The van der Waals surface area contributed by atoms with Gasteiger partial charge in [0, 0.05) is 23.5 Å². The van der Waals surface area contributed by atoms with Gasteiger partial charge < -0.3 is 0 Å². The molecular formula is C18H19N3O3S2. The molecule has 0 fully saturated rings. The van der Waals surface area contributed by atoms with Crippen LogP contribution in [0.5, 0.6) is 0 Å². The number of hydrogen-bond acceptors (Lipinski definition) is 5. The molecule has 0 spiro atoms. The van der Waals surface area contributed by atoms with Crippen molar-refractivity contribution in [2.45, 2.75) is 31.7 Å². The number of carbonyl (C=O) groups excluding carboxylic acids is 1. The number of carbonyl (C=O) groups is 1. The Labute approximate surface area is 156 Å². The van der Waals surface area contributed by atoms with Gasteiger partial charge in [-0.1, -0.05) is 18.2 Å². The fourth-order valence-electron chi connectivity index (χ4n) is 2.43. The molecule has 26 heavy (non-hydrogen) atoms. The van der Waals surface area contributed by atoms with Gasteiger partial charge >= 0.3 is 0 Å². The topological polar surface area (TPSA) is 81.1 Å². The van der Waals surface area contributed by atoms with Crippen molar-refractivity contribution >= 4 is 32.8 Å². The van der Waals surface area contributed by atoms with Crippen molar-refractivity contribution in [2.24, 2.45) is 0 Å². The Balaban J connectivity index is 2.04. The summed E-state index contributed by atoms with van der Waals surface area (Å²) >= 11 is 1.43. The second kappa shape index (κ2) is 7.05. The largest absolute Gasteiger partial charge is 0.295 e. The zero-order chi connectivity index (χ0) is 18.9. The average Bonchev–Trinajstić information content (AvgIpc) is 3.24. The first-order valence-electron chi connectivity index (χ1n) is 8.05. The molecule has 3 rings (SSSR count). The lowest BCUT2D eigenvalue weighted by molar-refractivity contribution is 0.101. The van der Waals surface area contributed by atoms with Gasteiger partial charge in [0.05, 0.1) is 4.88 Å². The second-order valence-electron chi connectivity index (χ2n) is 6.14. The van der Waals surface area contributed by atoms with E-state index in [1.165, 1.54) is 30.5 Å². The molecule has 136 valence electrons. The third-order valence-corrected chi connectivity index (χ3v) is 6.05. The molecule has 1 N–H and O–H groups in total. The molecule has 6 nitrogen and oxygen atoms in total. The minimum atomic E-state index is -3.86. The first-order valence-corrected chi connectivity index (χ1v) is 10.4. The molecule has 0 saturated carbocycles. The summed E-state index contributed by atoms with van der Waals surface area (Å²) in [5.74, 6) is -0.127. The lowest BCUT2D eigenvalue weighted by Crippen LogP contribution is -2.13. The van der Waals surface area contributed by atoms with E-state index in [0.717, 1.165) is 4.88 Å². The summed E-state index contributed by atoms with van der Waals surface area (Å²) in [5, 5.41) is 6.34. The first-order chi connectivity index (χ1) is 12.3. The molecule has 0 radical (unpaired) electrons. The van der Waals surface area contributed by atoms with Crippen molar-refractivity contribution in [2.75, 3.05) is 4.72 Å². The van der Waals surface area contributed by atoms with Crippen LogP contribution in [0.4, 0.5) is 5.69 Å². The van der Waals surface area contributed by atoms with Gasteiger partial charge in [-0.05, 0) is 44.4 Å². The first kappa shape index (κ1) is 18.3. The third kappa shape index (κ3) is 3.71. The van der Waals surface area contributed by atoms with E-state index in [0.29, 0.717) is 16.9 Å². The summed E-state index contributed by atoms with van der Waals surface area (Å²) in [7, 11) is -3.86. The maximum absolute atomic E-state index is 13.0. The fraction of sp³-hybridized carbons (Fsp3) is 0.222. The summed E-state index contributed by atoms with van der Waals surface area (Å²) in [6.45, 7) is 5.31. The monoisotopic (exact) mass is 389 g/mol. The number of sulfonamides is 1. The molecule has 0 aliphatic rings. The van der Waals surface area contributed by atoms with E-state index in [2.05, 4.69) is 9.82 Å². The minimum Gasteiger partial charge on any atom is -0.295 e. The Kier molecular flexibility index (Phi) is 4.97. The Morgan fingerprint density at radius 1 is 1.23 bits per heavy atom. The second-order valence-corrected chi connectivity index (χ2v) is 8.73. The van der Waals surface area contributed by atoms with Gasteiger partial charge in [0.15, 0.2) is 5.78 Å². The van der Waals surface area contributed by atoms with Gasteiger partial charge in [0.1, 0.15) is 10.6 Å². The quantitative estimate of drug-likeness (QED) is 0.641. The molecule has 2 heterocycles. The predicted octanol–water partition coefficient (Wildman–Crippen LogP) is 4.20. The lowest BCUT2D eigenvalue weighted by atomic mass is 10.1. The Morgan fingerprint density at radius 2 is 2.00 bits per heavy atom. The summed E-state index contributed by atoms with van der Waals surface area (Å²) < 4.78 is 30.2. The minimum absolute atomic E-state index is 0.0266. The number of rotatable bonds is 6. The Morgan fingerprint density at radius 3 is 2.62 bits per heavy atom. The van der Waals surface area contributed by atoms with E-state index in [4.69, 9.17) is 0 Å². The smallest absolute Gasteiger partial charge is 0.265 e. The molecule has 2 aromatic heterocycles. The number of thiophene rings is 1. The highest BCUT2D eigenvalue weighted by Crippen LogP contribution is 2.31. The number of aromatic nitrogens is 2. The summed E-state index contributed by atoms with van der Waals surface area (Å²) in [4.78, 5) is 12.4. The van der Waals surface area contributed by atoms with Crippen molar-refractivity contribution in [1.29, 1.82) is 0 Å². The number of nitrogens with one attached hydrogen (secondary N) is 1. The van der Waals surface area contributed by atoms with Crippen LogP contribution in [-0.2, 0) is 10.0 Å². The molecule has 0 saturated heterocycles. The Hall–Kier alpha value is -2.45. The summed E-state index contributed by atoms with van der Waals surface area (Å²) in [6.07, 6.45) is 1.54. The predicted molar refractivity (Wildman–Crippen MR) is 103 cm³/mol. The standard InChI is InChI=1S/C18H19N3O3S2/c1-12(2)21-11-17(18(19-21)16-8-5-9-25-16)26(23,24)20-15-7-4-6-14(10-15)13(3)22/h4-12,20H,1-3H3. The fourth-order valence-corrected chi connectivity index (χ4v) is 4.42. The maximum Gasteiger partial charge on any atom is 0.265 e. The number of Topliss-reactive ketones (excluding diaryl/α,β-unsaturated/α-hetero) is 1. The average molecular weight is 390 g/mol. The van der Waals surface area contributed by atoms with Gasteiger partial charge in [-0.3, -0.25) is 14.2 Å². The van der Waals surface area contributed by atoms with Crippen LogP contribution >= 0.6 is 11.3 Å². The SMILES string of the molecule is CC(=O)c1cccc(NS(=O)(=O)c2cn(C(C)C)nc2-c2cccs2)c1. The molecule has 3 aromatic rings. The molecule has 8 heteroatoms. The number of hydrogen-bond donors (Lipinski definition) is 1. The number of ketones is 1. The maximum atomic E-state index is 13.0. The molecule has 0 aliphatic heterocycles. The van der Waals surface area contributed by atoms with E-state index in [-0.39, 0.29) is 16.7 Å². The highest BCUT2D eigenvalue weighted by Gasteiger charge is 2.25. The van der Waals surface area contributed by atoms with Crippen molar-refractivity contribution < 1.29 is 13.2 Å². The van der Waals surface area contributed by atoms with Crippen molar-refractivity contribution in [1.82, 2.24) is 9.78 Å². The van der Waals surface area contributed by atoms with Crippen LogP contribution in [-0.4, -0.2) is 24.0 Å². The zero-order valence-corrected chi connectivity index (χ0v) is 16.3. The highest BCUT2D eigenvalue weighted by molar-refractivity contribution is 7.92. The normalized spacial score (nSPS) is 11.7. The molecule has 0 amide bonds. The number of nitrogens with zero attached hydrogens (tertiary/aromatic N) is 2. The van der Waals surface area contributed by atoms with Crippen molar-refractivity contribution in [3.63, 3.8) is 0 Å². The lowest BCUT2D eigenvalue weighted by Gasteiger charge is -2.08. The molecule has 0 atom stereocenters. The number of anilines is 1.